The van der Waals surface area contributed by atoms with Gasteiger partial charge in [0, 0.05) is 6.54 Å². The molecule has 5 nitrogen and oxygen atoms in total. The van der Waals surface area contributed by atoms with E-state index in [1.807, 2.05) is 61.5 Å². The molecule has 0 saturated heterocycles. The first kappa shape index (κ1) is 14.8. The molecule has 0 aliphatic carbocycles. The largest absolute Gasteiger partial charge is 0.504 e. The average Bonchev–Trinajstić information content (AvgIpc) is 2.97. The molecule has 3 rings (SSSR count). The standard InChI is InChI=1S/C18H17N3O2/c1-13-7-9-14(10-8-13)11-19-18(23)17-16(22)12-21(20-17)15-5-3-2-4-6-15/h2-10,12,22H,11H2,1H3,(H,19,23). The Bertz CT molecular complexity index is 808. The van der Waals surface area contributed by atoms with Gasteiger partial charge in [-0.05, 0) is 24.6 Å². The lowest BCUT2D eigenvalue weighted by Gasteiger charge is -2.04. The zero-order valence-electron chi connectivity index (χ0n) is 12.7. The topological polar surface area (TPSA) is 67.2 Å². The summed E-state index contributed by atoms with van der Waals surface area (Å²) in [6.07, 6.45) is 1.43. The van der Waals surface area contributed by atoms with Gasteiger partial charge in [0.1, 0.15) is 0 Å². The Labute approximate surface area is 134 Å². The zero-order chi connectivity index (χ0) is 16.2. The fourth-order valence-electron chi connectivity index (χ4n) is 2.21. The SMILES string of the molecule is Cc1ccc(CNC(=O)c2nn(-c3ccccc3)cc2O)cc1. The van der Waals surface area contributed by atoms with Gasteiger partial charge >= 0.3 is 0 Å². The van der Waals surface area contributed by atoms with Crippen LogP contribution in [-0.4, -0.2) is 20.8 Å². The van der Waals surface area contributed by atoms with Gasteiger partial charge in [0.05, 0.1) is 11.9 Å². The van der Waals surface area contributed by atoms with Crippen LogP contribution in [0.15, 0.2) is 60.8 Å². The number of amides is 1. The Kier molecular flexibility index (Phi) is 4.10. The van der Waals surface area contributed by atoms with E-state index < -0.39 is 5.91 Å². The first-order chi connectivity index (χ1) is 11.1. The minimum Gasteiger partial charge on any atom is -0.504 e. The van der Waals surface area contributed by atoms with Gasteiger partial charge in [0.25, 0.3) is 5.91 Å². The van der Waals surface area contributed by atoms with Crippen LogP contribution in [0.25, 0.3) is 5.69 Å². The first-order valence-corrected chi connectivity index (χ1v) is 7.31. The summed E-state index contributed by atoms with van der Waals surface area (Å²) in [5, 5.41) is 16.9. The number of aromatic nitrogens is 2. The lowest BCUT2D eigenvalue weighted by Crippen LogP contribution is -2.23. The van der Waals surface area contributed by atoms with E-state index in [9.17, 15) is 9.90 Å². The number of hydrogen-bond donors (Lipinski definition) is 2. The van der Waals surface area contributed by atoms with Gasteiger partial charge in [-0.3, -0.25) is 4.79 Å². The lowest BCUT2D eigenvalue weighted by atomic mass is 10.1. The molecule has 0 spiro atoms. The second-order valence-electron chi connectivity index (χ2n) is 5.31. The molecule has 2 N–H and O–H groups in total. The van der Waals surface area contributed by atoms with Crippen molar-refractivity contribution in [3.05, 3.63) is 77.6 Å². The third kappa shape index (κ3) is 3.40. The Hall–Kier alpha value is -3.08. The summed E-state index contributed by atoms with van der Waals surface area (Å²) in [5.74, 6) is -0.548. The summed E-state index contributed by atoms with van der Waals surface area (Å²) in [6.45, 7) is 2.40. The molecule has 1 heterocycles. The first-order valence-electron chi connectivity index (χ1n) is 7.31. The molecule has 0 radical (unpaired) electrons. The van der Waals surface area contributed by atoms with Gasteiger partial charge in [-0.15, -0.1) is 0 Å². The number of hydrogen-bond acceptors (Lipinski definition) is 3. The fraction of sp³-hybridized carbons (Fsp3) is 0.111. The smallest absolute Gasteiger partial charge is 0.275 e. The molecule has 23 heavy (non-hydrogen) atoms. The van der Waals surface area contributed by atoms with Gasteiger partial charge in [-0.25, -0.2) is 4.68 Å². The van der Waals surface area contributed by atoms with E-state index in [1.165, 1.54) is 16.4 Å². The van der Waals surface area contributed by atoms with Crippen molar-refractivity contribution < 1.29 is 9.90 Å². The second-order valence-corrected chi connectivity index (χ2v) is 5.31. The van der Waals surface area contributed by atoms with Crippen molar-refractivity contribution in [1.82, 2.24) is 15.1 Å². The number of carbonyl (C=O) groups excluding carboxylic acids is 1. The van der Waals surface area contributed by atoms with Crippen LogP contribution in [-0.2, 0) is 6.54 Å². The molecule has 0 aliphatic rings. The molecule has 0 atom stereocenters. The van der Waals surface area contributed by atoms with Crippen LogP contribution in [0.3, 0.4) is 0 Å². The third-order valence-electron chi connectivity index (χ3n) is 3.50. The number of aromatic hydroxyl groups is 1. The van der Waals surface area contributed by atoms with Gasteiger partial charge < -0.3 is 10.4 Å². The van der Waals surface area contributed by atoms with E-state index in [-0.39, 0.29) is 11.4 Å². The normalized spacial score (nSPS) is 10.5. The molecular weight excluding hydrogens is 290 g/mol. The van der Waals surface area contributed by atoms with E-state index in [0.29, 0.717) is 6.54 Å². The summed E-state index contributed by atoms with van der Waals surface area (Å²) in [6, 6.07) is 17.2. The molecule has 0 bridgehead atoms. The minimum atomic E-state index is -0.405. The summed E-state index contributed by atoms with van der Waals surface area (Å²) >= 11 is 0. The molecule has 1 aromatic heterocycles. The predicted octanol–water partition coefficient (Wildman–Crippen LogP) is 2.82. The number of rotatable bonds is 4. The molecule has 0 saturated carbocycles. The molecule has 2 aromatic carbocycles. The van der Waals surface area contributed by atoms with Crippen molar-refractivity contribution in [2.45, 2.75) is 13.5 Å². The number of benzene rings is 2. The molecule has 3 aromatic rings. The number of carbonyl (C=O) groups is 1. The highest BCUT2D eigenvalue weighted by Gasteiger charge is 2.16. The second kappa shape index (κ2) is 6.36. The van der Waals surface area contributed by atoms with Crippen molar-refractivity contribution in [2.75, 3.05) is 0 Å². The van der Waals surface area contributed by atoms with Crippen molar-refractivity contribution in [2.24, 2.45) is 0 Å². The maximum atomic E-state index is 12.2. The Morgan fingerprint density at radius 1 is 1.13 bits per heavy atom. The quantitative estimate of drug-likeness (QED) is 0.779. The van der Waals surface area contributed by atoms with Crippen molar-refractivity contribution in [3.8, 4) is 11.4 Å². The maximum Gasteiger partial charge on any atom is 0.275 e. The lowest BCUT2D eigenvalue weighted by molar-refractivity contribution is 0.0943. The highest BCUT2D eigenvalue weighted by molar-refractivity contribution is 5.94. The maximum absolute atomic E-state index is 12.2. The van der Waals surface area contributed by atoms with Gasteiger partial charge in [0.2, 0.25) is 0 Å². The Morgan fingerprint density at radius 2 is 1.83 bits per heavy atom. The van der Waals surface area contributed by atoms with Crippen LogP contribution in [0.5, 0.6) is 5.75 Å². The average molecular weight is 307 g/mol. The van der Waals surface area contributed by atoms with Crippen LogP contribution in [0.4, 0.5) is 0 Å². The van der Waals surface area contributed by atoms with E-state index in [0.717, 1.165) is 11.3 Å². The van der Waals surface area contributed by atoms with Crippen LogP contribution >= 0.6 is 0 Å². The number of nitrogens with one attached hydrogen (secondary N) is 1. The molecule has 116 valence electrons. The van der Waals surface area contributed by atoms with E-state index in [1.54, 1.807) is 0 Å². The summed E-state index contributed by atoms with van der Waals surface area (Å²) < 4.78 is 1.48. The highest BCUT2D eigenvalue weighted by Crippen LogP contribution is 2.18. The molecule has 1 amide bonds. The fourth-order valence-corrected chi connectivity index (χ4v) is 2.21. The number of para-hydroxylation sites is 1. The number of nitrogens with zero attached hydrogens (tertiary/aromatic N) is 2. The van der Waals surface area contributed by atoms with Crippen LogP contribution in [0.1, 0.15) is 21.6 Å². The predicted molar refractivity (Wildman–Crippen MR) is 87.6 cm³/mol. The molecular formula is C18H17N3O2. The van der Waals surface area contributed by atoms with Crippen LogP contribution in [0, 0.1) is 6.92 Å². The van der Waals surface area contributed by atoms with Crippen molar-refractivity contribution >= 4 is 5.91 Å². The van der Waals surface area contributed by atoms with Gasteiger partial charge in [0.15, 0.2) is 11.4 Å². The highest BCUT2D eigenvalue weighted by atomic mass is 16.3. The molecule has 5 heteroatoms. The minimum absolute atomic E-state index is 0.0148. The molecule has 0 unspecified atom stereocenters. The van der Waals surface area contributed by atoms with Crippen molar-refractivity contribution in [1.29, 1.82) is 0 Å². The van der Waals surface area contributed by atoms with Crippen molar-refractivity contribution in [3.63, 3.8) is 0 Å². The molecule has 0 fully saturated rings. The third-order valence-corrected chi connectivity index (χ3v) is 3.50. The van der Waals surface area contributed by atoms with Crippen LogP contribution < -0.4 is 5.32 Å². The van der Waals surface area contributed by atoms with Gasteiger partial charge in [-0.1, -0.05) is 48.0 Å². The number of aryl methyl sites for hydroxylation is 1. The molecule has 0 aliphatic heterocycles. The van der Waals surface area contributed by atoms with Gasteiger partial charge in [-0.2, -0.15) is 5.10 Å². The van der Waals surface area contributed by atoms with Crippen LogP contribution in [0.2, 0.25) is 0 Å². The Morgan fingerprint density at radius 3 is 2.52 bits per heavy atom. The van der Waals surface area contributed by atoms with E-state index in [4.69, 9.17) is 0 Å². The summed E-state index contributed by atoms with van der Waals surface area (Å²) in [5.41, 5.74) is 2.95. The zero-order valence-corrected chi connectivity index (χ0v) is 12.7. The van der Waals surface area contributed by atoms with E-state index in [2.05, 4.69) is 10.4 Å². The Balaban J connectivity index is 1.72. The monoisotopic (exact) mass is 307 g/mol. The summed E-state index contributed by atoms with van der Waals surface area (Å²) in [4.78, 5) is 12.2. The summed E-state index contributed by atoms with van der Waals surface area (Å²) in [7, 11) is 0. The van der Waals surface area contributed by atoms with E-state index >= 15 is 0 Å².